The van der Waals surface area contributed by atoms with E-state index in [-0.39, 0.29) is 37.7 Å². The fraction of sp³-hybridized carbons (Fsp3) is 0.643. The van der Waals surface area contributed by atoms with E-state index in [1.807, 2.05) is 4.90 Å². The smallest absolute Gasteiger partial charge is 0 e. The van der Waals surface area contributed by atoms with E-state index < -0.39 is 19.5 Å². The maximum atomic E-state index is 11.4. The maximum Gasteiger partial charge on any atom is 0 e. The van der Waals surface area contributed by atoms with Gasteiger partial charge >= 0.3 is 45.0 Å². The monoisotopic (exact) mass is 709 g/mol. The Bertz CT molecular complexity index is 676. The Kier molecular flexibility index (Phi) is 15.3. The van der Waals surface area contributed by atoms with Gasteiger partial charge in [0.25, 0.3) is 5.71 Å². The van der Waals surface area contributed by atoms with Crippen molar-refractivity contribution in [2.45, 2.75) is 13.8 Å². The second-order valence-corrected chi connectivity index (χ2v) is 7.22. The number of ether oxygens (including phenoxy) is 2. The van der Waals surface area contributed by atoms with Gasteiger partial charge in [-0.2, -0.15) is 12.2 Å². The van der Waals surface area contributed by atoms with Crippen molar-refractivity contribution in [2.75, 3.05) is 47.0 Å². The van der Waals surface area contributed by atoms with Crippen LogP contribution < -0.4 is 0 Å². The van der Waals surface area contributed by atoms with E-state index in [2.05, 4.69) is 5.16 Å². The molecule has 1 fully saturated rings. The molecule has 9 nitrogen and oxygen atoms in total. The van der Waals surface area contributed by atoms with Crippen molar-refractivity contribution in [3.8, 4) is 6.07 Å². The van der Waals surface area contributed by atoms with Gasteiger partial charge in [-0.25, -0.2) is 14.3 Å². The van der Waals surface area contributed by atoms with Crippen molar-refractivity contribution in [3.05, 3.63) is 0 Å². The summed E-state index contributed by atoms with van der Waals surface area (Å²) in [6, 6.07) is 2.11. The van der Waals surface area contributed by atoms with Crippen LogP contribution in [0.4, 0.5) is 25.2 Å². The molecule has 0 aromatic heterocycles. The molecule has 0 aliphatic carbocycles. The van der Waals surface area contributed by atoms with E-state index in [9.17, 15) is 30.0 Å². The van der Waals surface area contributed by atoms with Crippen LogP contribution in [-0.2, 0) is 23.9 Å². The summed E-state index contributed by atoms with van der Waals surface area (Å²) in [4.78, 5) is 27.3. The third-order valence-corrected chi connectivity index (χ3v) is 2.46. The second kappa shape index (κ2) is 13.9. The molecule has 0 aromatic carbocycles. The zero-order valence-electron chi connectivity index (χ0n) is 17.1. The van der Waals surface area contributed by atoms with Crippen molar-refractivity contribution < 1.29 is 84.8 Å². The van der Waals surface area contributed by atoms with E-state index in [1.165, 1.54) is 13.2 Å². The third kappa shape index (κ3) is 24.7. The summed E-state index contributed by atoms with van der Waals surface area (Å²) >= 11 is 0. The number of nitrogens with zero attached hydrogens (tertiary/aromatic N) is 4. The summed E-state index contributed by atoms with van der Waals surface area (Å²) in [6.45, 7) is 5.64. The number of hydrogen-bond donors (Lipinski definition) is 0. The Balaban J connectivity index is -0.000000599. The standard InChI is InChI=1S/C12H19N4O4.C2H3O.F6P.U/c1-4-19-11(17)10(9-13)14-20-12(15(2)3)16-5-7-18-8-6-16;1-2-3;1-7(2,3,4,5)6;/h4-8H2,1-3H3;1H3;;/q+1;2*-1;/b14-10+;;;. The molecule has 1 rings (SSSR count). The SMILES string of the molecule is CCOC(=O)/C(C#N)=N/OC(N1CCOCC1)=[N+](C)C.C[C-]=O.F[P-](F)(F)(F)(F)F.[U]. The Morgan fingerprint density at radius 2 is 1.65 bits per heavy atom. The molecule has 0 aromatic rings. The van der Waals surface area contributed by atoms with Crippen LogP contribution in [0, 0.1) is 42.4 Å². The molecule has 1 saturated heterocycles. The third-order valence-electron chi connectivity index (χ3n) is 2.46. The molecule has 1 heterocycles. The van der Waals surface area contributed by atoms with Crippen LogP contribution in [0.2, 0.25) is 0 Å². The van der Waals surface area contributed by atoms with E-state index in [4.69, 9.17) is 24.4 Å². The summed E-state index contributed by atoms with van der Waals surface area (Å²) in [5.74, 6) is -0.796. The molecule has 0 spiro atoms. The zero-order chi connectivity index (χ0) is 24.1. The number of carbonyl (C=O) groups is 1. The quantitative estimate of drug-likeness (QED) is 0.0650. The molecule has 0 atom stereocenters. The average Bonchev–Trinajstić information content (AvgIpc) is 2.57. The number of hydrogen-bond acceptors (Lipinski definition) is 7. The van der Waals surface area contributed by atoms with Gasteiger partial charge in [-0.1, -0.05) is 5.16 Å². The molecule has 0 bridgehead atoms. The number of esters is 1. The van der Waals surface area contributed by atoms with Crippen molar-refractivity contribution in [1.29, 1.82) is 5.26 Å². The summed E-state index contributed by atoms with van der Waals surface area (Å²) in [6.07, 6.45) is 1.50. The first-order chi connectivity index (χ1) is 13.5. The number of nitriles is 1. The van der Waals surface area contributed by atoms with E-state index in [0.29, 0.717) is 32.3 Å². The number of amidine groups is 1. The molecule has 0 unspecified atom stereocenters. The minimum absolute atomic E-state index is 0. The predicted molar refractivity (Wildman–Crippen MR) is 95.2 cm³/mol. The van der Waals surface area contributed by atoms with Gasteiger partial charge in [0.2, 0.25) is 0 Å². The van der Waals surface area contributed by atoms with Crippen LogP contribution in [0.1, 0.15) is 13.8 Å². The second-order valence-electron chi connectivity index (χ2n) is 5.30. The van der Waals surface area contributed by atoms with Gasteiger partial charge < -0.3 is 14.3 Å². The summed E-state index contributed by atoms with van der Waals surface area (Å²) in [7, 11) is -7.08. The first-order valence-electron chi connectivity index (χ1n) is 8.01. The summed E-state index contributed by atoms with van der Waals surface area (Å²) in [5.41, 5.74) is -0.417. The van der Waals surface area contributed by atoms with Crippen LogP contribution >= 0.6 is 7.81 Å². The van der Waals surface area contributed by atoms with E-state index in [1.54, 1.807) is 31.7 Å². The predicted octanol–water partition coefficient (Wildman–Crippen LogP) is 2.90. The van der Waals surface area contributed by atoms with Crippen LogP contribution in [0.25, 0.3) is 0 Å². The first-order valence-corrected chi connectivity index (χ1v) is 10.0. The molecular weight excluding hydrogens is 687 g/mol. The maximum absolute atomic E-state index is 11.4. The van der Waals surface area contributed by atoms with Crippen molar-refractivity contribution >= 4 is 31.8 Å². The minimum atomic E-state index is -10.7. The van der Waals surface area contributed by atoms with Gasteiger partial charge in [-0.15, -0.1) is 0 Å². The van der Waals surface area contributed by atoms with Gasteiger partial charge in [0, 0.05) is 31.1 Å². The summed E-state index contributed by atoms with van der Waals surface area (Å²) < 4.78 is 70.9. The van der Waals surface area contributed by atoms with Crippen molar-refractivity contribution in [1.82, 2.24) is 4.90 Å². The molecule has 0 amide bonds. The molecule has 0 N–H and O–H groups in total. The van der Waals surface area contributed by atoms with Crippen LogP contribution in [0.5, 0.6) is 0 Å². The van der Waals surface area contributed by atoms with Crippen LogP contribution in [0.15, 0.2) is 5.16 Å². The van der Waals surface area contributed by atoms with Gasteiger partial charge in [0.1, 0.15) is 19.2 Å². The van der Waals surface area contributed by atoms with Crippen LogP contribution in [0.3, 0.4) is 0 Å². The Morgan fingerprint density at radius 1 is 1.23 bits per heavy atom. The zero-order valence-corrected chi connectivity index (χ0v) is 22.1. The fourth-order valence-electron chi connectivity index (χ4n) is 1.57. The van der Waals surface area contributed by atoms with Crippen molar-refractivity contribution in [2.24, 2.45) is 5.16 Å². The molecular formula is C14H22F6N4O5PU-. The molecule has 31 heavy (non-hydrogen) atoms. The normalized spacial score (nSPS) is 15.5. The number of oxime groups is 1. The number of carbonyl (C=O) groups excluding carboxylic acids is 2. The molecule has 0 radical (unpaired) electrons. The van der Waals surface area contributed by atoms with Gasteiger partial charge in [-0.05, 0) is 6.92 Å². The molecule has 1 aliphatic rings. The van der Waals surface area contributed by atoms with Gasteiger partial charge in [0.05, 0.1) is 33.9 Å². The minimum Gasteiger partial charge on any atom is 0 e. The van der Waals surface area contributed by atoms with E-state index in [0.717, 1.165) is 0 Å². The Morgan fingerprint density at radius 3 is 1.97 bits per heavy atom. The number of halogens is 6. The van der Waals surface area contributed by atoms with Crippen LogP contribution in [-0.4, -0.2) is 80.5 Å². The molecule has 0 saturated carbocycles. The molecule has 17 heteroatoms. The topological polar surface area (TPSA) is 104 Å². The number of rotatable bonds is 3. The molecule has 1 aliphatic heterocycles. The van der Waals surface area contributed by atoms with Gasteiger partial charge in [0.15, 0.2) is 0 Å². The first kappa shape index (κ1) is 34.2. The number of morpholine rings is 1. The Labute approximate surface area is 198 Å². The average molecular weight is 709 g/mol. The summed E-state index contributed by atoms with van der Waals surface area (Å²) in [5, 5.41) is 12.4. The van der Waals surface area contributed by atoms with Gasteiger partial charge in [-0.3, -0.25) is 11.1 Å². The van der Waals surface area contributed by atoms with Crippen molar-refractivity contribution in [3.63, 3.8) is 0 Å². The molecule has 180 valence electrons. The fourth-order valence-corrected chi connectivity index (χ4v) is 1.57. The largest absolute Gasteiger partial charge is 0 e. The Hall–Kier alpha value is -1.41. The van der Waals surface area contributed by atoms with E-state index >= 15 is 0 Å².